The van der Waals surface area contributed by atoms with Crippen LogP contribution in [0.5, 0.6) is 0 Å². The number of carbonyl (C=O) groups is 2. The largest absolute Gasteiger partial charge is 0.480 e. The number of carbonyl (C=O) groups excluding carboxylic acids is 1. The van der Waals surface area contributed by atoms with Crippen LogP contribution in [0.4, 0.5) is 0 Å². The summed E-state index contributed by atoms with van der Waals surface area (Å²) in [6.07, 6.45) is 0.643. The third-order valence-electron chi connectivity index (χ3n) is 2.64. The summed E-state index contributed by atoms with van der Waals surface area (Å²) in [5, 5.41) is 11.1. The van der Waals surface area contributed by atoms with Gasteiger partial charge in [-0.05, 0) is 12.0 Å². The number of thioether (sulfide) groups is 1. The summed E-state index contributed by atoms with van der Waals surface area (Å²) in [4.78, 5) is 22.5. The van der Waals surface area contributed by atoms with Gasteiger partial charge in [-0.1, -0.05) is 30.3 Å². The van der Waals surface area contributed by atoms with Gasteiger partial charge in [0.15, 0.2) is 0 Å². The van der Waals surface area contributed by atoms with Crippen molar-refractivity contribution in [1.29, 1.82) is 0 Å². The van der Waals surface area contributed by atoms with Crippen LogP contribution in [0.25, 0.3) is 0 Å². The van der Waals surface area contributed by atoms with Crippen LogP contribution < -0.4 is 5.32 Å². The SMILES string of the molecule is O=C1N[C@@H](C(=O)O)CS[C@H]1Cc1ccccc1. The quantitative estimate of drug-likeness (QED) is 0.838. The highest BCUT2D eigenvalue weighted by atomic mass is 32.2. The molecule has 2 rings (SSSR count). The molecule has 0 unspecified atom stereocenters. The zero-order valence-corrected chi connectivity index (χ0v) is 9.94. The molecule has 1 aromatic carbocycles. The Labute approximate surface area is 103 Å². The molecule has 1 heterocycles. The third-order valence-corrected chi connectivity index (χ3v) is 3.94. The van der Waals surface area contributed by atoms with Gasteiger partial charge in [0.2, 0.25) is 5.91 Å². The fraction of sp³-hybridized carbons (Fsp3) is 0.333. The fourth-order valence-electron chi connectivity index (χ4n) is 1.71. The van der Waals surface area contributed by atoms with Crippen LogP contribution >= 0.6 is 11.8 Å². The first kappa shape index (κ1) is 12.0. The fourth-order valence-corrected chi connectivity index (χ4v) is 2.89. The van der Waals surface area contributed by atoms with Gasteiger partial charge in [-0.3, -0.25) is 4.79 Å². The molecule has 90 valence electrons. The van der Waals surface area contributed by atoms with E-state index < -0.39 is 12.0 Å². The highest BCUT2D eigenvalue weighted by Gasteiger charge is 2.31. The van der Waals surface area contributed by atoms with Crippen molar-refractivity contribution in [1.82, 2.24) is 5.32 Å². The van der Waals surface area contributed by atoms with E-state index >= 15 is 0 Å². The lowest BCUT2D eigenvalue weighted by Gasteiger charge is -2.26. The zero-order valence-electron chi connectivity index (χ0n) is 9.13. The number of hydrogen-bond acceptors (Lipinski definition) is 3. The Morgan fingerprint density at radius 2 is 2.12 bits per heavy atom. The van der Waals surface area contributed by atoms with E-state index in [4.69, 9.17) is 5.11 Å². The Morgan fingerprint density at radius 1 is 1.41 bits per heavy atom. The molecule has 0 bridgehead atoms. The summed E-state index contributed by atoms with van der Waals surface area (Å²) < 4.78 is 0. The average molecular weight is 251 g/mol. The molecule has 1 aliphatic rings. The Kier molecular flexibility index (Phi) is 3.68. The van der Waals surface area contributed by atoms with Gasteiger partial charge in [-0.25, -0.2) is 4.79 Å². The van der Waals surface area contributed by atoms with E-state index in [1.807, 2.05) is 30.3 Å². The van der Waals surface area contributed by atoms with Crippen molar-refractivity contribution in [2.24, 2.45) is 0 Å². The smallest absolute Gasteiger partial charge is 0.327 e. The molecule has 1 saturated heterocycles. The van der Waals surface area contributed by atoms with Gasteiger partial charge in [0.05, 0.1) is 5.25 Å². The van der Waals surface area contributed by atoms with Crippen molar-refractivity contribution in [2.45, 2.75) is 17.7 Å². The molecule has 1 aromatic rings. The van der Waals surface area contributed by atoms with Crippen molar-refractivity contribution < 1.29 is 14.7 Å². The Bertz CT molecular complexity index is 421. The predicted molar refractivity (Wildman–Crippen MR) is 66.0 cm³/mol. The summed E-state index contributed by atoms with van der Waals surface area (Å²) >= 11 is 1.41. The first-order valence-corrected chi connectivity index (χ1v) is 6.40. The van der Waals surface area contributed by atoms with Crippen LogP contribution in [0, 0.1) is 0 Å². The Morgan fingerprint density at radius 3 is 2.71 bits per heavy atom. The molecule has 0 spiro atoms. The zero-order chi connectivity index (χ0) is 12.3. The normalized spacial score (nSPS) is 24.1. The first-order valence-electron chi connectivity index (χ1n) is 5.35. The molecule has 4 nitrogen and oxygen atoms in total. The van der Waals surface area contributed by atoms with Gasteiger partial charge in [0.1, 0.15) is 6.04 Å². The molecule has 1 aliphatic heterocycles. The molecule has 1 amide bonds. The third kappa shape index (κ3) is 3.00. The Balaban J connectivity index is 1.96. The lowest BCUT2D eigenvalue weighted by Crippen LogP contribution is -2.51. The monoisotopic (exact) mass is 251 g/mol. The lowest BCUT2D eigenvalue weighted by molar-refractivity contribution is -0.141. The maximum Gasteiger partial charge on any atom is 0.327 e. The molecule has 2 N–H and O–H groups in total. The summed E-state index contributed by atoms with van der Waals surface area (Å²) in [7, 11) is 0. The van der Waals surface area contributed by atoms with E-state index in [2.05, 4.69) is 5.32 Å². The van der Waals surface area contributed by atoms with Crippen LogP contribution in [0.3, 0.4) is 0 Å². The number of rotatable bonds is 3. The van der Waals surface area contributed by atoms with Crippen LogP contribution in [0.15, 0.2) is 30.3 Å². The number of aliphatic carboxylic acids is 1. The second-order valence-corrected chi connectivity index (χ2v) is 5.15. The van der Waals surface area contributed by atoms with Crippen molar-refractivity contribution in [3.05, 3.63) is 35.9 Å². The van der Waals surface area contributed by atoms with Gasteiger partial charge in [0, 0.05) is 5.75 Å². The number of hydrogen-bond donors (Lipinski definition) is 2. The van der Waals surface area contributed by atoms with Crippen molar-refractivity contribution in [3.63, 3.8) is 0 Å². The van der Waals surface area contributed by atoms with Crippen LogP contribution in [0.2, 0.25) is 0 Å². The van der Waals surface area contributed by atoms with E-state index in [0.29, 0.717) is 12.2 Å². The average Bonchev–Trinajstić information content (AvgIpc) is 2.33. The van der Waals surface area contributed by atoms with Gasteiger partial charge < -0.3 is 10.4 Å². The van der Waals surface area contributed by atoms with E-state index in [9.17, 15) is 9.59 Å². The lowest BCUT2D eigenvalue weighted by atomic mass is 10.1. The van der Waals surface area contributed by atoms with Gasteiger partial charge >= 0.3 is 5.97 Å². The van der Waals surface area contributed by atoms with E-state index in [1.54, 1.807) is 0 Å². The highest BCUT2D eigenvalue weighted by Crippen LogP contribution is 2.21. The molecular formula is C12H13NO3S. The molecule has 0 saturated carbocycles. The number of carboxylic acids is 1. The second kappa shape index (κ2) is 5.23. The highest BCUT2D eigenvalue weighted by molar-refractivity contribution is 8.00. The molecule has 0 aliphatic carbocycles. The summed E-state index contributed by atoms with van der Waals surface area (Å²) in [6.45, 7) is 0. The minimum absolute atomic E-state index is 0.183. The summed E-state index contributed by atoms with van der Waals surface area (Å²) in [5.74, 6) is -0.722. The number of benzene rings is 1. The van der Waals surface area contributed by atoms with Crippen molar-refractivity contribution in [2.75, 3.05) is 5.75 Å². The minimum Gasteiger partial charge on any atom is -0.480 e. The molecule has 0 aromatic heterocycles. The van der Waals surface area contributed by atoms with Crippen molar-refractivity contribution >= 4 is 23.6 Å². The molecular weight excluding hydrogens is 238 g/mol. The minimum atomic E-state index is -0.969. The van der Waals surface area contributed by atoms with E-state index in [-0.39, 0.29) is 11.2 Å². The van der Waals surface area contributed by atoms with Gasteiger partial charge in [-0.2, -0.15) is 0 Å². The number of amides is 1. The van der Waals surface area contributed by atoms with Crippen LogP contribution in [0.1, 0.15) is 5.56 Å². The number of carboxylic acid groups (broad SMARTS) is 1. The molecule has 5 heteroatoms. The van der Waals surface area contributed by atoms with E-state index in [1.165, 1.54) is 11.8 Å². The maximum absolute atomic E-state index is 11.7. The van der Waals surface area contributed by atoms with Crippen LogP contribution in [-0.4, -0.2) is 34.0 Å². The summed E-state index contributed by atoms with van der Waals surface area (Å²) in [6, 6.07) is 8.98. The summed E-state index contributed by atoms with van der Waals surface area (Å²) in [5.41, 5.74) is 1.09. The Hall–Kier alpha value is -1.49. The van der Waals surface area contributed by atoms with E-state index in [0.717, 1.165) is 5.56 Å². The first-order chi connectivity index (χ1) is 8.16. The number of nitrogens with one attached hydrogen (secondary N) is 1. The molecule has 17 heavy (non-hydrogen) atoms. The predicted octanol–water partition coefficient (Wildman–Crippen LogP) is 0.914. The topological polar surface area (TPSA) is 66.4 Å². The standard InChI is InChI=1S/C12H13NO3S/c14-11-10(6-8-4-2-1-3-5-8)17-7-9(13-11)12(15)16/h1-5,9-10H,6-7H2,(H,13,14)(H,15,16)/t9-,10+/m1/s1. The van der Waals surface area contributed by atoms with Gasteiger partial charge in [-0.15, -0.1) is 11.8 Å². The molecule has 2 atom stereocenters. The second-order valence-electron chi connectivity index (χ2n) is 3.91. The maximum atomic E-state index is 11.7. The molecule has 1 fully saturated rings. The molecule has 0 radical (unpaired) electrons. The van der Waals surface area contributed by atoms with Gasteiger partial charge in [0.25, 0.3) is 0 Å². The van der Waals surface area contributed by atoms with Crippen molar-refractivity contribution in [3.8, 4) is 0 Å². The van der Waals surface area contributed by atoms with Crippen LogP contribution in [-0.2, 0) is 16.0 Å².